The van der Waals surface area contributed by atoms with E-state index in [0.717, 1.165) is 4.31 Å². The standard InChI is InChI=1S/C14H11Cl2NO4S/c15-10-4-6-12(7-5-10)17(9-14(18)19)22(20,21)13-3-1-2-11(16)8-13/h1-8H,9H2,(H,18,19). The first-order chi connectivity index (χ1) is 10.3. The monoisotopic (exact) mass is 359 g/mol. The molecule has 0 aliphatic carbocycles. The van der Waals surface area contributed by atoms with Crippen LogP contribution >= 0.6 is 23.2 Å². The van der Waals surface area contributed by atoms with Gasteiger partial charge in [0.15, 0.2) is 0 Å². The van der Waals surface area contributed by atoms with E-state index in [0.29, 0.717) is 5.02 Å². The van der Waals surface area contributed by atoms with Crippen LogP contribution in [-0.2, 0) is 14.8 Å². The zero-order valence-corrected chi connectivity index (χ0v) is 13.4. The second-order valence-electron chi connectivity index (χ2n) is 4.34. The Morgan fingerprint density at radius 3 is 2.23 bits per heavy atom. The van der Waals surface area contributed by atoms with Gasteiger partial charge in [-0.2, -0.15) is 0 Å². The molecule has 5 nitrogen and oxygen atoms in total. The summed E-state index contributed by atoms with van der Waals surface area (Å²) in [7, 11) is -4.06. The van der Waals surface area contributed by atoms with Gasteiger partial charge in [0, 0.05) is 10.0 Å². The molecule has 8 heteroatoms. The molecule has 0 heterocycles. The Bertz CT molecular complexity index is 791. The summed E-state index contributed by atoms with van der Waals surface area (Å²) in [5.74, 6) is -1.28. The molecule has 116 valence electrons. The van der Waals surface area contributed by atoms with E-state index in [2.05, 4.69) is 0 Å². The highest BCUT2D eigenvalue weighted by atomic mass is 35.5. The molecule has 0 bridgehead atoms. The first-order valence-electron chi connectivity index (χ1n) is 6.06. The van der Waals surface area contributed by atoms with E-state index in [1.807, 2.05) is 0 Å². The maximum Gasteiger partial charge on any atom is 0.324 e. The van der Waals surface area contributed by atoms with Crippen LogP contribution in [0.25, 0.3) is 0 Å². The van der Waals surface area contributed by atoms with Crippen molar-refractivity contribution in [3.63, 3.8) is 0 Å². The molecule has 0 fully saturated rings. The number of sulfonamides is 1. The van der Waals surface area contributed by atoms with Crippen LogP contribution in [0.2, 0.25) is 10.0 Å². The maximum atomic E-state index is 12.7. The van der Waals surface area contributed by atoms with E-state index >= 15 is 0 Å². The zero-order valence-electron chi connectivity index (χ0n) is 11.1. The number of nitrogens with zero attached hydrogens (tertiary/aromatic N) is 1. The molecule has 0 spiro atoms. The average Bonchev–Trinajstić information content (AvgIpc) is 2.45. The van der Waals surface area contributed by atoms with Crippen LogP contribution in [0, 0.1) is 0 Å². The molecular weight excluding hydrogens is 349 g/mol. The number of benzene rings is 2. The number of aliphatic carboxylic acids is 1. The van der Waals surface area contributed by atoms with Crippen molar-refractivity contribution in [2.45, 2.75) is 4.90 Å². The highest BCUT2D eigenvalue weighted by Gasteiger charge is 2.27. The van der Waals surface area contributed by atoms with Crippen molar-refractivity contribution in [1.82, 2.24) is 0 Å². The normalized spacial score (nSPS) is 11.2. The van der Waals surface area contributed by atoms with Gasteiger partial charge in [0.05, 0.1) is 10.6 Å². The van der Waals surface area contributed by atoms with Crippen LogP contribution in [-0.4, -0.2) is 26.0 Å². The minimum Gasteiger partial charge on any atom is -0.480 e. The Morgan fingerprint density at radius 2 is 1.68 bits per heavy atom. The average molecular weight is 360 g/mol. The zero-order chi connectivity index (χ0) is 16.3. The fourth-order valence-electron chi connectivity index (χ4n) is 1.80. The highest BCUT2D eigenvalue weighted by Crippen LogP contribution is 2.26. The molecule has 0 aliphatic rings. The Morgan fingerprint density at radius 1 is 1.05 bits per heavy atom. The van der Waals surface area contributed by atoms with Crippen molar-refractivity contribution < 1.29 is 18.3 Å². The predicted octanol–water partition coefficient (Wildman–Crippen LogP) is 3.27. The smallest absolute Gasteiger partial charge is 0.324 e. The van der Waals surface area contributed by atoms with Crippen molar-refractivity contribution in [2.24, 2.45) is 0 Å². The molecule has 0 unspecified atom stereocenters. The minimum absolute atomic E-state index is 0.0869. The number of carboxylic acid groups (broad SMARTS) is 1. The molecule has 0 saturated carbocycles. The topological polar surface area (TPSA) is 74.7 Å². The number of halogens is 2. The number of anilines is 1. The van der Waals surface area contributed by atoms with Crippen LogP contribution in [0.1, 0.15) is 0 Å². The minimum atomic E-state index is -4.06. The lowest BCUT2D eigenvalue weighted by molar-refractivity contribution is -0.135. The molecular formula is C14H11Cl2NO4S. The van der Waals surface area contributed by atoms with Gasteiger partial charge in [-0.3, -0.25) is 9.10 Å². The van der Waals surface area contributed by atoms with E-state index < -0.39 is 22.5 Å². The van der Waals surface area contributed by atoms with Crippen molar-refractivity contribution >= 4 is 44.9 Å². The summed E-state index contributed by atoms with van der Waals surface area (Å²) in [4.78, 5) is 10.9. The largest absolute Gasteiger partial charge is 0.480 e. The maximum absolute atomic E-state index is 12.7. The number of hydrogen-bond acceptors (Lipinski definition) is 3. The number of carbonyl (C=O) groups is 1. The quantitative estimate of drug-likeness (QED) is 0.888. The summed E-state index contributed by atoms with van der Waals surface area (Å²) in [5.41, 5.74) is 0.201. The Labute approximate surface area is 137 Å². The summed E-state index contributed by atoms with van der Waals surface area (Å²) < 4.78 is 26.1. The molecule has 0 saturated heterocycles. The van der Waals surface area contributed by atoms with Gasteiger partial charge in [-0.25, -0.2) is 8.42 Å². The number of rotatable bonds is 5. The van der Waals surface area contributed by atoms with E-state index in [1.54, 1.807) is 0 Å². The third kappa shape index (κ3) is 3.71. The summed E-state index contributed by atoms with van der Waals surface area (Å²) >= 11 is 11.6. The lowest BCUT2D eigenvalue weighted by atomic mass is 10.3. The lowest BCUT2D eigenvalue weighted by Gasteiger charge is -2.22. The molecule has 0 atom stereocenters. The van der Waals surface area contributed by atoms with E-state index in [4.69, 9.17) is 28.3 Å². The Hall–Kier alpha value is -1.76. The van der Waals surface area contributed by atoms with Gasteiger partial charge in [-0.1, -0.05) is 29.3 Å². The third-order valence-electron chi connectivity index (χ3n) is 2.78. The Balaban J connectivity index is 2.53. The van der Waals surface area contributed by atoms with Crippen molar-refractivity contribution in [2.75, 3.05) is 10.8 Å². The molecule has 0 radical (unpaired) electrons. The summed E-state index contributed by atoms with van der Waals surface area (Å²) in [6.07, 6.45) is 0. The fraction of sp³-hybridized carbons (Fsp3) is 0.0714. The van der Waals surface area contributed by atoms with Gasteiger partial charge in [-0.05, 0) is 42.5 Å². The van der Waals surface area contributed by atoms with Crippen molar-refractivity contribution in [3.8, 4) is 0 Å². The van der Waals surface area contributed by atoms with Gasteiger partial charge in [0.2, 0.25) is 0 Å². The molecule has 0 aliphatic heterocycles. The summed E-state index contributed by atoms with van der Waals surface area (Å²) in [6, 6.07) is 11.5. The van der Waals surface area contributed by atoms with Crippen molar-refractivity contribution in [3.05, 3.63) is 58.6 Å². The van der Waals surface area contributed by atoms with Crippen LogP contribution in [0.4, 0.5) is 5.69 Å². The third-order valence-corrected chi connectivity index (χ3v) is 5.03. The van der Waals surface area contributed by atoms with Crippen LogP contribution < -0.4 is 4.31 Å². The molecule has 0 aromatic heterocycles. The molecule has 22 heavy (non-hydrogen) atoms. The lowest BCUT2D eigenvalue weighted by Crippen LogP contribution is -2.35. The summed E-state index contributed by atoms with van der Waals surface area (Å²) in [6.45, 7) is -0.712. The molecule has 1 N–H and O–H groups in total. The van der Waals surface area contributed by atoms with Gasteiger partial charge < -0.3 is 5.11 Å². The summed E-state index contributed by atoms with van der Waals surface area (Å²) in [5, 5.41) is 9.67. The van der Waals surface area contributed by atoms with E-state index in [-0.39, 0.29) is 15.6 Å². The second-order valence-corrected chi connectivity index (χ2v) is 7.07. The number of carboxylic acids is 1. The highest BCUT2D eigenvalue weighted by molar-refractivity contribution is 7.92. The molecule has 2 aromatic carbocycles. The molecule has 0 amide bonds. The van der Waals surface area contributed by atoms with Crippen LogP contribution in [0.15, 0.2) is 53.4 Å². The second kappa shape index (κ2) is 6.56. The fourth-order valence-corrected chi connectivity index (χ4v) is 3.64. The van der Waals surface area contributed by atoms with Gasteiger partial charge in [-0.15, -0.1) is 0 Å². The van der Waals surface area contributed by atoms with E-state index in [1.165, 1.54) is 48.5 Å². The first-order valence-corrected chi connectivity index (χ1v) is 8.26. The SMILES string of the molecule is O=C(O)CN(c1ccc(Cl)cc1)S(=O)(=O)c1cccc(Cl)c1. The predicted molar refractivity (Wildman–Crippen MR) is 85.1 cm³/mol. The molecule has 2 rings (SSSR count). The first kappa shape index (κ1) is 16.6. The van der Waals surface area contributed by atoms with Gasteiger partial charge in [0.25, 0.3) is 10.0 Å². The van der Waals surface area contributed by atoms with Crippen LogP contribution in [0.3, 0.4) is 0 Å². The van der Waals surface area contributed by atoms with Crippen LogP contribution in [0.5, 0.6) is 0 Å². The molecule has 2 aromatic rings. The van der Waals surface area contributed by atoms with Crippen molar-refractivity contribution in [1.29, 1.82) is 0 Å². The van der Waals surface area contributed by atoms with Gasteiger partial charge in [0.1, 0.15) is 6.54 Å². The Kier molecular flexibility index (Phi) is 4.95. The number of hydrogen-bond donors (Lipinski definition) is 1. The van der Waals surface area contributed by atoms with E-state index in [9.17, 15) is 13.2 Å². The van der Waals surface area contributed by atoms with Gasteiger partial charge >= 0.3 is 5.97 Å².